The molecule has 1 amide bonds. The number of likely N-dealkylation sites (N-methyl/N-ethyl adjacent to an activating group) is 1. The van der Waals surface area contributed by atoms with Crippen LogP contribution < -0.4 is 0 Å². The Kier molecular flexibility index (Phi) is 19.9. The molecule has 8 heteroatoms. The molecule has 0 aromatic carbocycles. The summed E-state index contributed by atoms with van der Waals surface area (Å²) >= 11 is 0. The number of rotatable bonds is 20. The monoisotopic (exact) mass is 379 g/mol. The molecule has 0 radical (unpaired) electrons. The molecule has 0 atom stereocenters. The van der Waals surface area contributed by atoms with E-state index < -0.39 is 0 Å². The molecule has 156 valence electrons. The molecule has 8 nitrogen and oxygen atoms in total. The molecular weight excluding hydrogens is 342 g/mol. The normalized spacial score (nSPS) is 11.0. The van der Waals surface area contributed by atoms with Crippen LogP contribution >= 0.6 is 0 Å². The summed E-state index contributed by atoms with van der Waals surface area (Å²) in [5, 5.41) is 0. The van der Waals surface area contributed by atoms with Gasteiger partial charge in [-0.1, -0.05) is 6.92 Å². The van der Waals surface area contributed by atoms with Crippen molar-refractivity contribution in [3.63, 3.8) is 0 Å². The van der Waals surface area contributed by atoms with Crippen LogP contribution in [-0.4, -0.2) is 104 Å². The van der Waals surface area contributed by atoms with E-state index in [4.69, 9.17) is 28.4 Å². The van der Waals surface area contributed by atoms with Crippen LogP contribution in [0.4, 0.5) is 0 Å². The molecule has 0 fully saturated rings. The van der Waals surface area contributed by atoms with Gasteiger partial charge in [-0.25, -0.2) is 0 Å². The van der Waals surface area contributed by atoms with Crippen LogP contribution in [0.2, 0.25) is 0 Å². The summed E-state index contributed by atoms with van der Waals surface area (Å²) in [5.41, 5.74) is 0. The van der Waals surface area contributed by atoms with E-state index >= 15 is 0 Å². The summed E-state index contributed by atoms with van der Waals surface area (Å²) in [7, 11) is 3.40. The molecule has 0 saturated heterocycles. The van der Waals surface area contributed by atoms with Gasteiger partial charge < -0.3 is 33.3 Å². The third-order valence-electron chi connectivity index (χ3n) is 3.35. The Hall–Kier alpha value is -0.770. The second-order valence-electron chi connectivity index (χ2n) is 5.62. The lowest BCUT2D eigenvalue weighted by Gasteiger charge is -2.17. The molecule has 0 aliphatic heterocycles. The molecule has 0 aromatic heterocycles. The molecule has 0 spiro atoms. The van der Waals surface area contributed by atoms with Gasteiger partial charge in [0.1, 0.15) is 0 Å². The fourth-order valence-electron chi connectivity index (χ4n) is 1.83. The van der Waals surface area contributed by atoms with Gasteiger partial charge in [-0.2, -0.15) is 0 Å². The van der Waals surface area contributed by atoms with Crippen molar-refractivity contribution in [2.24, 2.45) is 0 Å². The number of carbonyl (C=O) groups is 1. The largest absolute Gasteiger partial charge is 0.382 e. The highest BCUT2D eigenvalue weighted by Crippen LogP contribution is 1.93. The summed E-state index contributed by atoms with van der Waals surface area (Å²) in [5.74, 6) is 0.0406. The van der Waals surface area contributed by atoms with Crippen molar-refractivity contribution in [3.8, 4) is 0 Å². The molecule has 0 aliphatic carbocycles. The average molecular weight is 379 g/mol. The fourth-order valence-corrected chi connectivity index (χ4v) is 1.83. The summed E-state index contributed by atoms with van der Waals surface area (Å²) in [6.07, 6.45) is 1.37. The second kappa shape index (κ2) is 20.5. The highest BCUT2D eigenvalue weighted by Gasteiger charge is 2.08. The molecule has 0 rings (SSSR count). The summed E-state index contributed by atoms with van der Waals surface area (Å²) in [6, 6.07) is 0. The minimum absolute atomic E-state index is 0.0406. The van der Waals surface area contributed by atoms with Crippen LogP contribution in [0.15, 0.2) is 0 Å². The topological polar surface area (TPSA) is 75.7 Å². The van der Waals surface area contributed by atoms with Crippen LogP contribution in [0.3, 0.4) is 0 Å². The molecule has 26 heavy (non-hydrogen) atoms. The minimum Gasteiger partial charge on any atom is -0.382 e. The Morgan fingerprint density at radius 1 is 0.692 bits per heavy atom. The van der Waals surface area contributed by atoms with Gasteiger partial charge in [-0.3, -0.25) is 4.79 Å². The molecule has 0 unspecified atom stereocenters. The maximum absolute atomic E-state index is 11.9. The van der Waals surface area contributed by atoms with Gasteiger partial charge in [-0.15, -0.1) is 0 Å². The number of nitrogens with zero attached hydrogens (tertiary/aromatic N) is 1. The number of hydrogen-bond acceptors (Lipinski definition) is 7. The molecular formula is C18H37NO7. The Morgan fingerprint density at radius 2 is 1.15 bits per heavy atom. The Morgan fingerprint density at radius 3 is 1.69 bits per heavy atom. The molecule has 0 aromatic rings. The summed E-state index contributed by atoms with van der Waals surface area (Å²) < 4.78 is 31.6. The quantitative estimate of drug-likeness (QED) is 0.292. The predicted octanol–water partition coefficient (Wildman–Crippen LogP) is 0.974. The molecule has 0 bridgehead atoms. The van der Waals surface area contributed by atoms with E-state index in [-0.39, 0.29) is 5.91 Å². The van der Waals surface area contributed by atoms with Crippen molar-refractivity contribution < 1.29 is 33.2 Å². The van der Waals surface area contributed by atoms with Gasteiger partial charge in [0, 0.05) is 27.3 Å². The van der Waals surface area contributed by atoms with E-state index in [2.05, 4.69) is 6.92 Å². The number of amides is 1. The first-order valence-corrected chi connectivity index (χ1v) is 9.34. The second-order valence-corrected chi connectivity index (χ2v) is 5.62. The van der Waals surface area contributed by atoms with E-state index in [1.54, 1.807) is 19.1 Å². The van der Waals surface area contributed by atoms with Gasteiger partial charge in [0.05, 0.1) is 72.5 Å². The summed E-state index contributed by atoms with van der Waals surface area (Å²) in [4.78, 5) is 13.6. The number of ether oxygens (including phenoxy) is 6. The van der Waals surface area contributed by atoms with Crippen LogP contribution in [0.1, 0.15) is 19.8 Å². The van der Waals surface area contributed by atoms with Gasteiger partial charge in [-0.05, 0) is 6.42 Å². The molecule has 0 saturated carbocycles. The predicted molar refractivity (Wildman–Crippen MR) is 98.5 cm³/mol. The van der Waals surface area contributed by atoms with Gasteiger partial charge in [0.25, 0.3) is 0 Å². The zero-order valence-corrected chi connectivity index (χ0v) is 16.7. The third-order valence-corrected chi connectivity index (χ3v) is 3.35. The first-order chi connectivity index (χ1) is 12.7. The molecule has 0 aliphatic rings. The zero-order chi connectivity index (χ0) is 19.3. The Labute approximate surface area is 158 Å². The van der Waals surface area contributed by atoms with E-state index in [0.29, 0.717) is 79.0 Å². The average Bonchev–Trinajstić information content (AvgIpc) is 2.65. The lowest BCUT2D eigenvalue weighted by molar-refractivity contribution is -0.131. The number of carbonyl (C=O) groups excluding carboxylic acids is 1. The van der Waals surface area contributed by atoms with Crippen LogP contribution in [-0.2, 0) is 33.2 Å². The van der Waals surface area contributed by atoms with E-state index in [1.807, 2.05) is 0 Å². The van der Waals surface area contributed by atoms with Crippen LogP contribution in [0, 0.1) is 0 Å². The van der Waals surface area contributed by atoms with Crippen LogP contribution in [0.5, 0.6) is 0 Å². The number of methoxy groups -OCH3 is 1. The minimum atomic E-state index is 0.0406. The zero-order valence-electron chi connectivity index (χ0n) is 16.7. The smallest absolute Gasteiger partial charge is 0.224 e. The third kappa shape index (κ3) is 18.0. The highest BCUT2D eigenvalue weighted by molar-refractivity contribution is 5.75. The SMILES string of the molecule is CCCOCCOCCOCCC(=O)N(C)CCOCCOCCOC. The lowest BCUT2D eigenvalue weighted by atomic mass is 10.4. The first-order valence-electron chi connectivity index (χ1n) is 9.34. The van der Waals surface area contributed by atoms with E-state index in [1.165, 1.54) is 0 Å². The Bertz CT molecular complexity index is 305. The molecule has 0 N–H and O–H groups in total. The van der Waals surface area contributed by atoms with Gasteiger partial charge >= 0.3 is 0 Å². The maximum Gasteiger partial charge on any atom is 0.224 e. The standard InChI is InChI=1S/C18H37NO7/c1-4-7-22-12-15-26-16-13-23-8-5-18(20)19(2)6-9-24-14-17-25-11-10-21-3/h4-17H2,1-3H3. The van der Waals surface area contributed by atoms with Crippen LogP contribution in [0.25, 0.3) is 0 Å². The van der Waals surface area contributed by atoms with Gasteiger partial charge in [0.2, 0.25) is 5.91 Å². The van der Waals surface area contributed by atoms with Gasteiger partial charge in [0.15, 0.2) is 0 Å². The van der Waals surface area contributed by atoms with E-state index in [0.717, 1.165) is 13.0 Å². The van der Waals surface area contributed by atoms with Crippen molar-refractivity contribution in [3.05, 3.63) is 0 Å². The van der Waals surface area contributed by atoms with E-state index in [9.17, 15) is 4.79 Å². The van der Waals surface area contributed by atoms with Crippen molar-refractivity contribution in [2.75, 3.05) is 93.4 Å². The Balaban J connectivity index is 3.32. The molecule has 0 heterocycles. The first kappa shape index (κ1) is 25.2. The van der Waals surface area contributed by atoms with Crippen molar-refractivity contribution in [1.82, 2.24) is 4.90 Å². The fraction of sp³-hybridized carbons (Fsp3) is 0.944. The maximum atomic E-state index is 11.9. The van der Waals surface area contributed by atoms with Crippen molar-refractivity contribution in [2.45, 2.75) is 19.8 Å². The summed E-state index contributed by atoms with van der Waals surface area (Å²) in [6.45, 7) is 8.64. The highest BCUT2D eigenvalue weighted by atomic mass is 16.5. The number of hydrogen-bond donors (Lipinski definition) is 0. The van der Waals surface area contributed by atoms with Crippen molar-refractivity contribution in [1.29, 1.82) is 0 Å². The van der Waals surface area contributed by atoms with Crippen molar-refractivity contribution >= 4 is 5.91 Å². The lowest BCUT2D eigenvalue weighted by Crippen LogP contribution is -2.31.